The summed E-state index contributed by atoms with van der Waals surface area (Å²) in [7, 11) is 3.31. The van der Waals surface area contributed by atoms with E-state index < -0.39 is 5.97 Å². The molecule has 2 N–H and O–H groups in total. The quantitative estimate of drug-likeness (QED) is 0.568. The Bertz CT molecular complexity index is 361. The number of unbranched alkanes of at least 4 members (excludes halogenated alkanes) is 4. The number of hydrogen-bond acceptors (Lipinski definition) is 4. The van der Waals surface area contributed by atoms with Crippen molar-refractivity contribution in [2.75, 3.05) is 20.8 Å². The van der Waals surface area contributed by atoms with E-state index in [1.807, 2.05) is 0 Å². The predicted molar refractivity (Wildman–Crippen MR) is 87.3 cm³/mol. The van der Waals surface area contributed by atoms with Gasteiger partial charge in [-0.25, -0.2) is 0 Å². The van der Waals surface area contributed by atoms with Gasteiger partial charge in [0.1, 0.15) is 0 Å². The maximum absolute atomic E-state index is 12.3. The molecule has 134 valence electrons. The van der Waals surface area contributed by atoms with Crippen molar-refractivity contribution < 1.29 is 24.2 Å². The summed E-state index contributed by atoms with van der Waals surface area (Å²) in [6.45, 7) is 0.669. The van der Waals surface area contributed by atoms with Crippen LogP contribution in [0.4, 0.5) is 0 Å². The highest BCUT2D eigenvalue weighted by atomic mass is 16.5. The van der Waals surface area contributed by atoms with Crippen molar-refractivity contribution in [2.45, 2.75) is 70.0 Å². The zero-order valence-electron chi connectivity index (χ0n) is 14.4. The van der Waals surface area contributed by atoms with Crippen LogP contribution in [0.15, 0.2) is 0 Å². The van der Waals surface area contributed by atoms with Crippen LogP contribution < -0.4 is 5.32 Å². The highest BCUT2D eigenvalue weighted by Gasteiger charge is 2.37. The molecule has 0 bridgehead atoms. The number of nitrogens with one attached hydrogen (secondary N) is 1. The van der Waals surface area contributed by atoms with Crippen molar-refractivity contribution in [3.63, 3.8) is 0 Å². The van der Waals surface area contributed by atoms with Gasteiger partial charge in [-0.05, 0) is 32.1 Å². The van der Waals surface area contributed by atoms with Crippen molar-refractivity contribution in [1.29, 1.82) is 0 Å². The number of rotatable bonds is 11. The molecule has 0 aromatic rings. The Balaban J connectivity index is 2.16. The number of carboxylic acids is 1. The van der Waals surface area contributed by atoms with Gasteiger partial charge in [-0.3, -0.25) is 9.59 Å². The van der Waals surface area contributed by atoms with Crippen LogP contribution in [-0.2, 0) is 19.1 Å². The average Bonchev–Trinajstić information content (AvgIpc) is 2.55. The van der Waals surface area contributed by atoms with Crippen molar-refractivity contribution in [1.82, 2.24) is 5.32 Å². The highest BCUT2D eigenvalue weighted by molar-refractivity contribution is 5.79. The second-order valence-electron chi connectivity index (χ2n) is 6.21. The van der Waals surface area contributed by atoms with Gasteiger partial charge >= 0.3 is 5.97 Å². The van der Waals surface area contributed by atoms with Gasteiger partial charge in [-0.15, -0.1) is 0 Å². The number of carbonyl (C=O) groups is 2. The van der Waals surface area contributed by atoms with Gasteiger partial charge in [0.15, 0.2) is 0 Å². The molecule has 1 aliphatic rings. The molecule has 6 nitrogen and oxygen atoms in total. The molecule has 0 aromatic carbocycles. The van der Waals surface area contributed by atoms with E-state index in [0.29, 0.717) is 6.54 Å². The Kier molecular flexibility index (Phi) is 9.87. The lowest BCUT2D eigenvalue weighted by molar-refractivity contribution is -0.140. The van der Waals surface area contributed by atoms with Crippen LogP contribution in [0.25, 0.3) is 0 Å². The largest absolute Gasteiger partial charge is 0.481 e. The van der Waals surface area contributed by atoms with Crippen molar-refractivity contribution in [2.24, 2.45) is 5.92 Å². The number of ether oxygens (including phenoxy) is 2. The summed E-state index contributed by atoms with van der Waals surface area (Å²) in [5.41, 5.74) is 0. The Morgan fingerprint density at radius 2 is 1.74 bits per heavy atom. The molecule has 1 amide bonds. The molecular weight excluding hydrogens is 298 g/mol. The molecule has 1 saturated carbocycles. The van der Waals surface area contributed by atoms with E-state index >= 15 is 0 Å². The van der Waals surface area contributed by atoms with E-state index in [9.17, 15) is 9.59 Å². The highest BCUT2D eigenvalue weighted by Crippen LogP contribution is 2.28. The minimum atomic E-state index is -0.730. The monoisotopic (exact) mass is 329 g/mol. The van der Waals surface area contributed by atoms with Crippen LogP contribution in [0, 0.1) is 5.92 Å². The molecular formula is C17H31NO5. The first-order valence-corrected chi connectivity index (χ1v) is 8.65. The fourth-order valence-electron chi connectivity index (χ4n) is 3.25. The number of methoxy groups -OCH3 is 2. The number of aliphatic carboxylic acids is 1. The van der Waals surface area contributed by atoms with E-state index in [1.165, 1.54) is 0 Å². The number of amides is 1. The molecule has 0 heterocycles. The lowest BCUT2D eigenvalue weighted by Crippen LogP contribution is -2.47. The zero-order chi connectivity index (χ0) is 17.1. The predicted octanol–water partition coefficient (Wildman–Crippen LogP) is 2.36. The Hall–Kier alpha value is -1.14. The summed E-state index contributed by atoms with van der Waals surface area (Å²) in [5, 5.41) is 11.6. The van der Waals surface area contributed by atoms with Crippen LogP contribution in [0.1, 0.15) is 57.8 Å². The minimum Gasteiger partial charge on any atom is -0.481 e. The summed E-state index contributed by atoms with van der Waals surface area (Å²) in [4.78, 5) is 22.7. The van der Waals surface area contributed by atoms with Crippen molar-refractivity contribution in [3.05, 3.63) is 0 Å². The summed E-state index contributed by atoms with van der Waals surface area (Å²) in [6.07, 6.45) is 7.48. The molecule has 0 radical (unpaired) electrons. The molecule has 1 aliphatic carbocycles. The van der Waals surface area contributed by atoms with Gasteiger partial charge < -0.3 is 19.9 Å². The molecule has 23 heavy (non-hydrogen) atoms. The maximum atomic E-state index is 12.3. The molecule has 3 unspecified atom stereocenters. The van der Waals surface area contributed by atoms with E-state index in [4.69, 9.17) is 14.6 Å². The fourth-order valence-corrected chi connectivity index (χ4v) is 3.25. The molecule has 0 aromatic heterocycles. The van der Waals surface area contributed by atoms with Gasteiger partial charge in [0, 0.05) is 27.2 Å². The second-order valence-corrected chi connectivity index (χ2v) is 6.21. The first kappa shape index (κ1) is 19.9. The van der Waals surface area contributed by atoms with Crippen LogP contribution in [-0.4, -0.2) is 50.0 Å². The van der Waals surface area contributed by atoms with E-state index in [0.717, 1.165) is 51.4 Å². The van der Waals surface area contributed by atoms with Crippen molar-refractivity contribution >= 4 is 11.9 Å². The molecule has 0 aliphatic heterocycles. The molecule has 6 heteroatoms. The lowest BCUT2D eigenvalue weighted by atomic mass is 9.83. The lowest BCUT2D eigenvalue weighted by Gasteiger charge is -2.35. The van der Waals surface area contributed by atoms with Crippen LogP contribution >= 0.6 is 0 Å². The van der Waals surface area contributed by atoms with Gasteiger partial charge in [0.05, 0.1) is 18.1 Å². The minimum absolute atomic E-state index is 0.00117. The van der Waals surface area contributed by atoms with Crippen LogP contribution in [0.2, 0.25) is 0 Å². The molecule has 3 atom stereocenters. The maximum Gasteiger partial charge on any atom is 0.303 e. The SMILES string of the molecule is COC1CCCC(C(=O)NCCCCCCCC(=O)O)C1OC. The van der Waals surface area contributed by atoms with Gasteiger partial charge in [0.25, 0.3) is 0 Å². The summed E-state index contributed by atoms with van der Waals surface area (Å²) >= 11 is 0. The topological polar surface area (TPSA) is 84.9 Å². The van der Waals surface area contributed by atoms with Gasteiger partial charge in [-0.2, -0.15) is 0 Å². The molecule has 0 spiro atoms. The number of carbonyl (C=O) groups excluding carboxylic acids is 1. The summed E-state index contributed by atoms with van der Waals surface area (Å²) in [6, 6.07) is 0. The first-order valence-electron chi connectivity index (χ1n) is 8.65. The van der Waals surface area contributed by atoms with E-state index in [-0.39, 0.29) is 30.5 Å². The third-order valence-electron chi connectivity index (χ3n) is 4.55. The first-order chi connectivity index (χ1) is 11.1. The Labute approximate surface area is 138 Å². The Morgan fingerprint density at radius 1 is 1.04 bits per heavy atom. The standard InChI is InChI=1S/C17H31NO5/c1-22-14-10-8-9-13(16(14)23-2)17(21)18-12-7-5-3-4-6-11-15(19)20/h13-14,16H,3-12H2,1-2H3,(H,18,21)(H,19,20). The Morgan fingerprint density at radius 3 is 2.39 bits per heavy atom. The van der Waals surface area contributed by atoms with Crippen molar-refractivity contribution in [3.8, 4) is 0 Å². The normalized spacial score (nSPS) is 24.3. The summed E-state index contributed by atoms with van der Waals surface area (Å²) < 4.78 is 10.9. The summed E-state index contributed by atoms with van der Waals surface area (Å²) in [5.74, 6) is -0.800. The second kappa shape index (κ2) is 11.4. The fraction of sp³-hybridized carbons (Fsp3) is 0.882. The van der Waals surface area contributed by atoms with Crippen LogP contribution in [0.5, 0.6) is 0 Å². The zero-order valence-corrected chi connectivity index (χ0v) is 14.4. The number of hydrogen-bond donors (Lipinski definition) is 2. The smallest absolute Gasteiger partial charge is 0.303 e. The molecule has 0 saturated heterocycles. The molecule has 1 rings (SSSR count). The molecule has 1 fully saturated rings. The van der Waals surface area contributed by atoms with Gasteiger partial charge in [0.2, 0.25) is 5.91 Å². The average molecular weight is 329 g/mol. The van der Waals surface area contributed by atoms with E-state index in [1.54, 1.807) is 14.2 Å². The van der Waals surface area contributed by atoms with Crippen LogP contribution in [0.3, 0.4) is 0 Å². The number of carboxylic acid groups (broad SMARTS) is 1. The van der Waals surface area contributed by atoms with Gasteiger partial charge in [-0.1, -0.05) is 19.3 Å². The third kappa shape index (κ3) is 7.31. The van der Waals surface area contributed by atoms with E-state index in [2.05, 4.69) is 5.32 Å². The third-order valence-corrected chi connectivity index (χ3v) is 4.55.